The molecule has 1 saturated heterocycles. The van der Waals surface area contributed by atoms with Crippen molar-refractivity contribution in [2.24, 2.45) is 0 Å². The summed E-state index contributed by atoms with van der Waals surface area (Å²) < 4.78 is 11.9. The summed E-state index contributed by atoms with van der Waals surface area (Å²) in [4.78, 5) is 30.5. The molecular formula is C25H26N2O4. The quantitative estimate of drug-likeness (QED) is 0.557. The van der Waals surface area contributed by atoms with Gasteiger partial charge in [0.15, 0.2) is 5.76 Å². The number of ketones is 1. The Balaban J connectivity index is 1.86. The lowest BCUT2D eigenvalue weighted by atomic mass is 9.84. The minimum Gasteiger partial charge on any atom is -0.496 e. The Morgan fingerprint density at radius 2 is 1.84 bits per heavy atom. The van der Waals surface area contributed by atoms with Gasteiger partial charge in [0.25, 0.3) is 0 Å². The van der Waals surface area contributed by atoms with Gasteiger partial charge in [-0.05, 0) is 17.5 Å². The highest BCUT2D eigenvalue weighted by atomic mass is 16.5. The number of piperidine rings is 1. The summed E-state index contributed by atoms with van der Waals surface area (Å²) in [6, 6.07) is 13.6. The lowest BCUT2D eigenvalue weighted by molar-refractivity contribution is -0.128. The molecule has 4 rings (SSSR count). The Labute approximate surface area is 181 Å². The lowest BCUT2D eigenvalue weighted by Crippen LogP contribution is -2.39. The molecule has 31 heavy (non-hydrogen) atoms. The molecule has 160 valence electrons. The normalized spacial score (nSPS) is 14.8. The molecule has 2 aromatic carbocycles. The maximum Gasteiger partial charge on any atom is 0.234 e. The Morgan fingerprint density at radius 3 is 2.48 bits per heavy atom. The van der Waals surface area contributed by atoms with Gasteiger partial charge in [-0.3, -0.25) is 9.59 Å². The third-order valence-electron chi connectivity index (χ3n) is 5.46. The largest absolute Gasteiger partial charge is 0.496 e. The molecule has 2 heterocycles. The van der Waals surface area contributed by atoms with Gasteiger partial charge in [0.1, 0.15) is 11.5 Å². The van der Waals surface area contributed by atoms with E-state index in [0.717, 1.165) is 16.8 Å². The van der Waals surface area contributed by atoms with Crippen molar-refractivity contribution in [1.82, 2.24) is 4.98 Å². The number of Topliss-reactive ketones (excluding diaryl/α,β-unsaturated/α-hetero) is 1. The highest BCUT2D eigenvalue weighted by Gasteiger charge is 2.30. The molecule has 6 nitrogen and oxygen atoms in total. The summed E-state index contributed by atoms with van der Waals surface area (Å²) >= 11 is 0. The number of hydrogen-bond donors (Lipinski definition) is 0. The van der Waals surface area contributed by atoms with Gasteiger partial charge in [-0.15, -0.1) is 0 Å². The Kier molecular flexibility index (Phi) is 5.39. The number of rotatable bonds is 4. The van der Waals surface area contributed by atoms with E-state index in [1.165, 1.54) is 0 Å². The molecule has 0 aliphatic carbocycles. The second-order valence-electron chi connectivity index (χ2n) is 8.73. The van der Waals surface area contributed by atoms with Crippen molar-refractivity contribution in [2.45, 2.75) is 39.0 Å². The number of amides is 1. The van der Waals surface area contributed by atoms with Crippen LogP contribution in [0, 0.1) is 0 Å². The number of anilines is 1. The lowest BCUT2D eigenvalue weighted by Gasteiger charge is -2.30. The van der Waals surface area contributed by atoms with Gasteiger partial charge in [0, 0.05) is 29.8 Å². The molecule has 0 unspecified atom stereocenters. The monoisotopic (exact) mass is 418 g/mol. The van der Waals surface area contributed by atoms with Gasteiger partial charge in [0.05, 0.1) is 25.3 Å². The fourth-order valence-electron chi connectivity index (χ4n) is 3.83. The maximum absolute atomic E-state index is 12.6. The summed E-state index contributed by atoms with van der Waals surface area (Å²) in [6.45, 7) is 6.63. The zero-order valence-corrected chi connectivity index (χ0v) is 18.3. The van der Waals surface area contributed by atoms with Crippen LogP contribution in [0.2, 0.25) is 0 Å². The van der Waals surface area contributed by atoms with E-state index in [1.54, 1.807) is 18.2 Å². The first-order valence-corrected chi connectivity index (χ1v) is 10.3. The summed E-state index contributed by atoms with van der Waals surface area (Å²) in [5.41, 5.74) is 3.01. The SMILES string of the molecule is COc1c(-c2ncc(-c3ccccc3)o2)cc(N2CCC(=O)CC2=O)cc1C(C)(C)C. The van der Waals surface area contributed by atoms with E-state index in [-0.39, 0.29) is 23.5 Å². The van der Waals surface area contributed by atoms with Crippen LogP contribution in [0.5, 0.6) is 5.75 Å². The molecule has 6 heteroatoms. The average Bonchev–Trinajstić information content (AvgIpc) is 3.23. The van der Waals surface area contributed by atoms with Gasteiger partial charge in [-0.25, -0.2) is 4.98 Å². The van der Waals surface area contributed by atoms with Gasteiger partial charge in [-0.1, -0.05) is 51.1 Å². The number of benzene rings is 2. The number of oxazole rings is 1. The average molecular weight is 418 g/mol. The van der Waals surface area contributed by atoms with Crippen LogP contribution in [-0.2, 0) is 15.0 Å². The molecule has 0 N–H and O–H groups in total. The van der Waals surface area contributed by atoms with E-state index in [4.69, 9.17) is 9.15 Å². The van der Waals surface area contributed by atoms with Crippen LogP contribution >= 0.6 is 0 Å². The molecule has 0 spiro atoms. The van der Waals surface area contributed by atoms with Crippen LogP contribution in [0.3, 0.4) is 0 Å². The van der Waals surface area contributed by atoms with Gasteiger partial charge < -0.3 is 14.1 Å². The number of carbonyl (C=O) groups excluding carboxylic acids is 2. The van der Waals surface area contributed by atoms with Crippen molar-refractivity contribution in [3.63, 3.8) is 0 Å². The molecule has 3 aromatic rings. The van der Waals surface area contributed by atoms with Crippen LogP contribution < -0.4 is 9.64 Å². The van der Waals surface area contributed by atoms with E-state index in [9.17, 15) is 9.59 Å². The smallest absolute Gasteiger partial charge is 0.234 e. The van der Waals surface area contributed by atoms with E-state index < -0.39 is 0 Å². The summed E-state index contributed by atoms with van der Waals surface area (Å²) in [7, 11) is 1.62. The van der Waals surface area contributed by atoms with Crippen LogP contribution in [0.1, 0.15) is 39.2 Å². The predicted molar refractivity (Wildman–Crippen MR) is 119 cm³/mol. The first-order chi connectivity index (χ1) is 14.8. The number of aromatic nitrogens is 1. The Morgan fingerprint density at radius 1 is 1.10 bits per heavy atom. The number of methoxy groups -OCH3 is 1. The Bertz CT molecular complexity index is 1130. The second kappa shape index (κ2) is 8.02. The van der Waals surface area contributed by atoms with Gasteiger partial charge >= 0.3 is 0 Å². The molecule has 1 aliphatic rings. The third kappa shape index (κ3) is 4.10. The molecule has 0 radical (unpaired) electrons. The topological polar surface area (TPSA) is 72.6 Å². The van der Waals surface area contributed by atoms with Crippen LogP contribution in [0.25, 0.3) is 22.8 Å². The highest BCUT2D eigenvalue weighted by molar-refractivity contribution is 6.08. The van der Waals surface area contributed by atoms with Crippen LogP contribution in [-0.4, -0.2) is 30.3 Å². The molecule has 1 aliphatic heterocycles. The minimum absolute atomic E-state index is 0.0220. The number of nitrogens with zero attached hydrogens (tertiary/aromatic N) is 2. The number of hydrogen-bond acceptors (Lipinski definition) is 5. The first-order valence-electron chi connectivity index (χ1n) is 10.3. The molecule has 0 saturated carbocycles. The van der Waals surface area contributed by atoms with E-state index in [0.29, 0.717) is 35.9 Å². The van der Waals surface area contributed by atoms with Crippen molar-refractivity contribution in [3.8, 4) is 28.5 Å². The van der Waals surface area contributed by atoms with Crippen LogP contribution in [0.15, 0.2) is 53.1 Å². The standard InChI is InChI=1S/C25H26N2O4/c1-25(2,3)20-13-17(27-11-10-18(28)14-22(27)29)12-19(23(20)30-4)24-26-15-21(31-24)16-8-6-5-7-9-16/h5-9,12-13,15H,10-11,14H2,1-4H3. The summed E-state index contributed by atoms with van der Waals surface area (Å²) in [5.74, 6) is 1.53. The summed E-state index contributed by atoms with van der Waals surface area (Å²) in [6.07, 6.45) is 1.98. The van der Waals surface area contributed by atoms with E-state index >= 15 is 0 Å². The second-order valence-corrected chi connectivity index (χ2v) is 8.73. The minimum atomic E-state index is -0.250. The first kappa shape index (κ1) is 20.8. The van der Waals surface area contributed by atoms with Gasteiger partial charge in [-0.2, -0.15) is 0 Å². The number of carbonyl (C=O) groups is 2. The highest BCUT2D eigenvalue weighted by Crippen LogP contribution is 2.43. The molecule has 1 fully saturated rings. The van der Waals surface area contributed by atoms with Gasteiger partial charge in [0.2, 0.25) is 11.8 Å². The van der Waals surface area contributed by atoms with E-state index in [2.05, 4.69) is 25.8 Å². The van der Waals surface area contributed by atoms with Crippen molar-refractivity contribution in [1.29, 1.82) is 0 Å². The Hall–Kier alpha value is -3.41. The molecular weight excluding hydrogens is 392 g/mol. The molecule has 1 aromatic heterocycles. The predicted octanol–water partition coefficient (Wildman–Crippen LogP) is 5.01. The van der Waals surface area contributed by atoms with Crippen molar-refractivity contribution in [2.75, 3.05) is 18.6 Å². The van der Waals surface area contributed by atoms with Crippen molar-refractivity contribution < 1.29 is 18.7 Å². The number of ether oxygens (including phenoxy) is 1. The molecule has 0 atom stereocenters. The van der Waals surface area contributed by atoms with Crippen molar-refractivity contribution >= 4 is 17.4 Å². The summed E-state index contributed by atoms with van der Waals surface area (Å²) in [5, 5.41) is 0. The third-order valence-corrected chi connectivity index (χ3v) is 5.46. The van der Waals surface area contributed by atoms with Crippen molar-refractivity contribution in [3.05, 3.63) is 54.2 Å². The molecule has 1 amide bonds. The molecule has 0 bridgehead atoms. The van der Waals surface area contributed by atoms with Crippen LogP contribution in [0.4, 0.5) is 5.69 Å². The zero-order chi connectivity index (χ0) is 22.2. The zero-order valence-electron chi connectivity index (χ0n) is 18.3. The maximum atomic E-state index is 12.6. The van der Waals surface area contributed by atoms with E-state index in [1.807, 2.05) is 42.5 Å². The fraction of sp³-hybridized carbons (Fsp3) is 0.320. The fourth-order valence-corrected chi connectivity index (χ4v) is 3.83.